The molecule has 3 aromatic carbocycles. The molecule has 2 amide bonds. The fourth-order valence-corrected chi connectivity index (χ4v) is 2.94. The molecule has 0 saturated carbocycles. The number of halogens is 1. The molecule has 0 aliphatic rings. The largest absolute Gasteiger partial charge is 0.489 e. The molecule has 31 heavy (non-hydrogen) atoms. The van der Waals surface area contributed by atoms with Gasteiger partial charge in [-0.3, -0.25) is 0 Å². The zero-order valence-corrected chi connectivity index (χ0v) is 16.7. The van der Waals surface area contributed by atoms with Crippen LogP contribution in [0.25, 0.3) is 5.69 Å². The second kappa shape index (κ2) is 9.58. The molecule has 0 aliphatic heterocycles. The number of rotatable bonds is 7. The molecule has 2 N–H and O–H groups in total. The van der Waals surface area contributed by atoms with Gasteiger partial charge in [0, 0.05) is 30.1 Å². The van der Waals surface area contributed by atoms with Gasteiger partial charge in [0.2, 0.25) is 0 Å². The van der Waals surface area contributed by atoms with Crippen molar-refractivity contribution in [2.45, 2.75) is 13.2 Å². The molecule has 0 saturated heterocycles. The third-order valence-electron chi connectivity index (χ3n) is 4.52. The summed E-state index contributed by atoms with van der Waals surface area (Å²) in [7, 11) is 0. The van der Waals surface area contributed by atoms with Crippen molar-refractivity contribution >= 4 is 11.7 Å². The Kier molecular flexibility index (Phi) is 6.23. The second-order valence-corrected chi connectivity index (χ2v) is 6.88. The number of aromatic nitrogens is 2. The quantitative estimate of drug-likeness (QED) is 0.450. The number of amides is 2. The normalized spacial score (nSPS) is 10.5. The van der Waals surface area contributed by atoms with Crippen LogP contribution in [0.4, 0.5) is 14.9 Å². The zero-order chi connectivity index (χ0) is 21.5. The third-order valence-corrected chi connectivity index (χ3v) is 4.52. The van der Waals surface area contributed by atoms with Crippen molar-refractivity contribution in [1.82, 2.24) is 15.1 Å². The summed E-state index contributed by atoms with van der Waals surface area (Å²) in [6, 6.07) is 22.7. The van der Waals surface area contributed by atoms with Gasteiger partial charge >= 0.3 is 6.03 Å². The summed E-state index contributed by atoms with van der Waals surface area (Å²) in [6.07, 6.45) is 3.59. The van der Waals surface area contributed by atoms with Crippen LogP contribution in [0.1, 0.15) is 11.1 Å². The smallest absolute Gasteiger partial charge is 0.319 e. The summed E-state index contributed by atoms with van der Waals surface area (Å²) in [5.74, 6) is 0.319. The van der Waals surface area contributed by atoms with Crippen molar-refractivity contribution in [3.8, 4) is 11.4 Å². The van der Waals surface area contributed by atoms with Crippen LogP contribution >= 0.6 is 0 Å². The lowest BCUT2D eigenvalue weighted by Crippen LogP contribution is -2.28. The molecular formula is C24H21FN4O2. The summed E-state index contributed by atoms with van der Waals surface area (Å²) in [5.41, 5.74) is 3.30. The number of carbonyl (C=O) groups excluding carboxylic acids is 1. The van der Waals surface area contributed by atoms with E-state index in [1.807, 2.05) is 36.5 Å². The maximum atomic E-state index is 13.0. The van der Waals surface area contributed by atoms with E-state index in [4.69, 9.17) is 4.74 Å². The Balaban J connectivity index is 1.28. The van der Waals surface area contributed by atoms with E-state index in [0.29, 0.717) is 24.6 Å². The van der Waals surface area contributed by atoms with E-state index in [1.165, 1.54) is 12.1 Å². The SMILES string of the molecule is O=C(NCc1cnn(-c2ccccc2)c1)Nc1cccc(OCc2ccc(F)cc2)c1. The molecule has 0 unspecified atom stereocenters. The lowest BCUT2D eigenvalue weighted by Gasteiger charge is -2.10. The van der Waals surface area contributed by atoms with Crippen LogP contribution in [0.2, 0.25) is 0 Å². The molecule has 6 nitrogen and oxygen atoms in total. The van der Waals surface area contributed by atoms with Crippen LogP contribution in [0.15, 0.2) is 91.3 Å². The molecule has 1 aromatic heterocycles. The zero-order valence-electron chi connectivity index (χ0n) is 16.7. The van der Waals surface area contributed by atoms with Crippen LogP contribution in [0, 0.1) is 5.82 Å². The second-order valence-electron chi connectivity index (χ2n) is 6.88. The maximum Gasteiger partial charge on any atom is 0.319 e. The third kappa shape index (κ3) is 5.70. The van der Waals surface area contributed by atoms with Crippen LogP contribution in [-0.2, 0) is 13.2 Å². The Morgan fingerprint density at radius 1 is 0.968 bits per heavy atom. The Morgan fingerprint density at radius 2 is 1.77 bits per heavy atom. The van der Waals surface area contributed by atoms with Gasteiger partial charge in [0.25, 0.3) is 0 Å². The van der Waals surface area contributed by atoms with Gasteiger partial charge in [-0.25, -0.2) is 13.9 Å². The first-order valence-corrected chi connectivity index (χ1v) is 9.77. The number of ether oxygens (including phenoxy) is 1. The number of hydrogen-bond acceptors (Lipinski definition) is 3. The summed E-state index contributed by atoms with van der Waals surface area (Å²) < 4.78 is 20.5. The molecule has 0 radical (unpaired) electrons. The van der Waals surface area contributed by atoms with E-state index < -0.39 is 0 Å². The highest BCUT2D eigenvalue weighted by molar-refractivity contribution is 5.89. The first kappa shape index (κ1) is 20.2. The molecule has 4 rings (SSSR count). The maximum absolute atomic E-state index is 13.0. The van der Waals surface area contributed by atoms with E-state index in [-0.39, 0.29) is 11.8 Å². The molecule has 0 fully saturated rings. The molecule has 0 aliphatic carbocycles. The number of para-hydroxylation sites is 1. The summed E-state index contributed by atoms with van der Waals surface area (Å²) in [4.78, 5) is 12.3. The minimum Gasteiger partial charge on any atom is -0.489 e. The van der Waals surface area contributed by atoms with Gasteiger partial charge in [0.05, 0.1) is 11.9 Å². The van der Waals surface area contributed by atoms with E-state index in [9.17, 15) is 9.18 Å². The Bertz CT molecular complexity index is 1140. The lowest BCUT2D eigenvalue weighted by molar-refractivity contribution is 0.251. The molecule has 0 bridgehead atoms. The van der Waals surface area contributed by atoms with Gasteiger partial charge in [-0.2, -0.15) is 5.10 Å². The van der Waals surface area contributed by atoms with E-state index in [0.717, 1.165) is 16.8 Å². The predicted octanol–water partition coefficient (Wildman–Crippen LogP) is 4.91. The van der Waals surface area contributed by atoms with Gasteiger partial charge in [0.15, 0.2) is 0 Å². The summed E-state index contributed by atoms with van der Waals surface area (Å²) >= 11 is 0. The Labute approximate surface area is 179 Å². The molecule has 0 spiro atoms. The number of benzene rings is 3. The van der Waals surface area contributed by atoms with E-state index in [1.54, 1.807) is 47.3 Å². The summed E-state index contributed by atoms with van der Waals surface area (Å²) in [5, 5.41) is 9.92. The minimum atomic E-state index is -0.330. The van der Waals surface area contributed by atoms with Crippen LogP contribution in [0.5, 0.6) is 5.75 Å². The highest BCUT2D eigenvalue weighted by atomic mass is 19.1. The van der Waals surface area contributed by atoms with Crippen LogP contribution < -0.4 is 15.4 Å². The first-order valence-electron chi connectivity index (χ1n) is 9.77. The fraction of sp³-hybridized carbons (Fsp3) is 0.0833. The molecular weight excluding hydrogens is 395 g/mol. The topological polar surface area (TPSA) is 68.2 Å². The monoisotopic (exact) mass is 416 g/mol. The van der Waals surface area contributed by atoms with Crippen molar-refractivity contribution in [1.29, 1.82) is 0 Å². The van der Waals surface area contributed by atoms with Gasteiger partial charge in [0.1, 0.15) is 18.2 Å². The van der Waals surface area contributed by atoms with Crippen molar-refractivity contribution in [3.05, 3.63) is 108 Å². The highest BCUT2D eigenvalue weighted by Gasteiger charge is 2.06. The van der Waals surface area contributed by atoms with Gasteiger partial charge in [-0.15, -0.1) is 0 Å². The number of carbonyl (C=O) groups is 1. The van der Waals surface area contributed by atoms with Crippen LogP contribution in [-0.4, -0.2) is 15.8 Å². The standard InChI is InChI=1S/C24H21FN4O2/c25-20-11-9-18(10-12-20)17-31-23-8-4-5-21(13-23)28-24(30)26-14-19-15-27-29(16-19)22-6-2-1-3-7-22/h1-13,15-16H,14,17H2,(H2,26,28,30). The van der Waals surface area contributed by atoms with Crippen molar-refractivity contribution in [2.24, 2.45) is 0 Å². The molecule has 4 aromatic rings. The van der Waals surface area contributed by atoms with Crippen molar-refractivity contribution in [3.63, 3.8) is 0 Å². The Morgan fingerprint density at radius 3 is 2.58 bits per heavy atom. The lowest BCUT2D eigenvalue weighted by atomic mass is 10.2. The summed E-state index contributed by atoms with van der Waals surface area (Å²) in [6.45, 7) is 0.654. The number of anilines is 1. The predicted molar refractivity (Wildman–Crippen MR) is 117 cm³/mol. The highest BCUT2D eigenvalue weighted by Crippen LogP contribution is 2.19. The molecule has 1 heterocycles. The van der Waals surface area contributed by atoms with E-state index in [2.05, 4.69) is 15.7 Å². The van der Waals surface area contributed by atoms with Crippen molar-refractivity contribution < 1.29 is 13.9 Å². The average Bonchev–Trinajstić information content (AvgIpc) is 3.27. The molecule has 7 heteroatoms. The van der Waals surface area contributed by atoms with E-state index >= 15 is 0 Å². The van der Waals surface area contributed by atoms with Gasteiger partial charge in [-0.05, 0) is 42.0 Å². The average molecular weight is 416 g/mol. The number of nitrogens with zero attached hydrogens (tertiary/aromatic N) is 2. The minimum absolute atomic E-state index is 0.284. The fourth-order valence-electron chi connectivity index (χ4n) is 2.94. The molecule has 0 atom stereocenters. The number of nitrogens with one attached hydrogen (secondary N) is 2. The van der Waals surface area contributed by atoms with Gasteiger partial charge < -0.3 is 15.4 Å². The Hall–Kier alpha value is -4.13. The molecule has 156 valence electrons. The number of urea groups is 1. The van der Waals surface area contributed by atoms with Gasteiger partial charge in [-0.1, -0.05) is 36.4 Å². The van der Waals surface area contributed by atoms with Crippen molar-refractivity contribution in [2.75, 3.05) is 5.32 Å². The van der Waals surface area contributed by atoms with Crippen LogP contribution in [0.3, 0.4) is 0 Å². The first-order chi connectivity index (χ1) is 15.2. The number of hydrogen-bond donors (Lipinski definition) is 2.